The van der Waals surface area contributed by atoms with Crippen molar-refractivity contribution in [1.29, 1.82) is 0 Å². The predicted octanol–water partition coefficient (Wildman–Crippen LogP) is 2.87. The van der Waals surface area contributed by atoms with Gasteiger partial charge in [0.25, 0.3) is 0 Å². The number of hydrogen-bond acceptors (Lipinski definition) is 8. The van der Waals surface area contributed by atoms with E-state index in [9.17, 15) is 23.9 Å². The highest BCUT2D eigenvalue weighted by molar-refractivity contribution is 5.90. The summed E-state index contributed by atoms with van der Waals surface area (Å²) in [6.45, 7) is 8.26. The van der Waals surface area contributed by atoms with Crippen molar-refractivity contribution in [2.45, 2.75) is 77.4 Å². The third-order valence-electron chi connectivity index (χ3n) is 9.41. The van der Waals surface area contributed by atoms with Gasteiger partial charge in [0.15, 0.2) is 6.23 Å². The van der Waals surface area contributed by atoms with Gasteiger partial charge in [-0.05, 0) is 61.6 Å². The fourth-order valence-corrected chi connectivity index (χ4v) is 6.40. The second-order valence-electron chi connectivity index (χ2n) is 14.4. The second kappa shape index (κ2) is 16.5. The summed E-state index contributed by atoms with van der Waals surface area (Å²) in [5.41, 5.74) is 1.51. The number of nitrogens with zero attached hydrogens (tertiary/aromatic N) is 5. The van der Waals surface area contributed by atoms with E-state index in [0.29, 0.717) is 30.9 Å². The van der Waals surface area contributed by atoms with Gasteiger partial charge in [0.05, 0.1) is 12.5 Å². The van der Waals surface area contributed by atoms with Crippen molar-refractivity contribution in [3.8, 4) is 0 Å². The summed E-state index contributed by atoms with van der Waals surface area (Å²) in [4.78, 5) is 53.3. The summed E-state index contributed by atoms with van der Waals surface area (Å²) in [6.07, 6.45) is 5.09. The molecular formula is C38H49FN8O4. The Morgan fingerprint density at radius 1 is 1.06 bits per heavy atom. The summed E-state index contributed by atoms with van der Waals surface area (Å²) >= 11 is 0. The fourth-order valence-electron chi connectivity index (χ4n) is 6.40. The number of fused-ring (bicyclic) bond motifs is 1. The first-order valence-corrected chi connectivity index (χ1v) is 17.4. The number of imidazole rings is 1. The van der Waals surface area contributed by atoms with Crippen LogP contribution in [0.15, 0.2) is 79.3 Å². The molecule has 0 radical (unpaired) electrons. The van der Waals surface area contributed by atoms with Crippen LogP contribution in [0, 0.1) is 11.2 Å². The average Bonchev–Trinajstić information content (AvgIpc) is 3.72. The normalized spacial score (nSPS) is 18.1. The van der Waals surface area contributed by atoms with Crippen LogP contribution in [0.2, 0.25) is 0 Å². The Morgan fingerprint density at radius 3 is 2.45 bits per heavy atom. The number of hydrogen-bond donors (Lipinski definition) is 4. The molecule has 3 heterocycles. The summed E-state index contributed by atoms with van der Waals surface area (Å²) < 4.78 is 15.4. The summed E-state index contributed by atoms with van der Waals surface area (Å²) in [7, 11) is 1.68. The van der Waals surface area contributed by atoms with Crippen molar-refractivity contribution in [2.75, 3.05) is 26.7 Å². The summed E-state index contributed by atoms with van der Waals surface area (Å²) in [5, 5.41) is 20.9. The number of nitrogens with one attached hydrogen (secondary N) is 3. The Morgan fingerprint density at radius 2 is 1.78 bits per heavy atom. The Balaban J connectivity index is 1.44. The Labute approximate surface area is 298 Å². The van der Waals surface area contributed by atoms with Gasteiger partial charge in [-0.1, -0.05) is 63.2 Å². The van der Waals surface area contributed by atoms with Gasteiger partial charge in [0, 0.05) is 50.3 Å². The minimum absolute atomic E-state index is 0.159. The van der Waals surface area contributed by atoms with E-state index >= 15 is 0 Å². The number of aliphatic hydroxyl groups excluding tert-OH is 1. The van der Waals surface area contributed by atoms with E-state index in [0.717, 1.165) is 11.1 Å². The second-order valence-corrected chi connectivity index (χ2v) is 14.4. The molecule has 51 heavy (non-hydrogen) atoms. The van der Waals surface area contributed by atoms with Gasteiger partial charge in [-0.2, -0.15) is 0 Å². The molecule has 1 aliphatic rings. The van der Waals surface area contributed by atoms with Crippen molar-refractivity contribution in [3.05, 3.63) is 102 Å². The van der Waals surface area contributed by atoms with E-state index < -0.39 is 29.8 Å². The van der Waals surface area contributed by atoms with E-state index in [2.05, 4.69) is 25.9 Å². The molecule has 5 atom stereocenters. The molecule has 4 N–H and O–H groups in total. The molecule has 0 aliphatic carbocycles. The molecular weight excluding hydrogens is 651 g/mol. The highest BCUT2D eigenvalue weighted by Gasteiger charge is 2.44. The molecule has 0 saturated carbocycles. The van der Waals surface area contributed by atoms with Gasteiger partial charge in [0.2, 0.25) is 23.5 Å². The predicted molar refractivity (Wildman–Crippen MR) is 192 cm³/mol. The first-order valence-electron chi connectivity index (χ1n) is 17.4. The maximum absolute atomic E-state index is 14.6. The van der Waals surface area contributed by atoms with Gasteiger partial charge in [0.1, 0.15) is 17.6 Å². The minimum atomic E-state index is -1.16. The van der Waals surface area contributed by atoms with Crippen LogP contribution in [0.4, 0.5) is 4.39 Å². The number of aromatic nitrogens is 3. The third kappa shape index (κ3) is 9.75. The highest BCUT2D eigenvalue weighted by Crippen LogP contribution is 2.29. The van der Waals surface area contributed by atoms with E-state index in [1.54, 1.807) is 60.1 Å². The molecule has 1 saturated heterocycles. The van der Waals surface area contributed by atoms with Crippen LogP contribution in [0.1, 0.15) is 57.2 Å². The maximum atomic E-state index is 14.6. The molecule has 1 fully saturated rings. The topological polar surface area (TPSA) is 144 Å². The number of likely N-dealkylation sites (N-methyl/N-ethyl adjacent to an activating group) is 1. The lowest BCUT2D eigenvalue weighted by molar-refractivity contribution is -0.141. The molecule has 5 rings (SSSR count). The molecule has 2 aromatic carbocycles. The number of rotatable bonds is 14. The standard InChI is InChI=1S/C38H49FN8O4/c1-25(40-5)34(49)44-33(38(2,3)4)36(51)47-22-29(42-32(48)20-27-10-7-6-8-11-27)21-30(47)23-45(19-16-26-12-14-28(39)15-13-26)35(50)31-24-46-18-9-17-41-37(46)43-31/h6-15,17-18,24-25,29-30,33,35,40,50H,16,19-23H2,1-5H3,(H,42,48)(H,44,49). The molecule has 13 heteroatoms. The molecule has 4 aromatic rings. The molecule has 12 nitrogen and oxygen atoms in total. The number of carbonyl (C=O) groups is 3. The number of halogens is 1. The molecule has 3 amide bonds. The maximum Gasteiger partial charge on any atom is 0.246 e. The van der Waals surface area contributed by atoms with Gasteiger partial charge >= 0.3 is 0 Å². The molecule has 2 aromatic heterocycles. The van der Waals surface area contributed by atoms with Crippen LogP contribution >= 0.6 is 0 Å². The van der Waals surface area contributed by atoms with E-state index in [1.807, 2.05) is 56.0 Å². The highest BCUT2D eigenvalue weighted by atomic mass is 19.1. The smallest absolute Gasteiger partial charge is 0.246 e. The lowest BCUT2D eigenvalue weighted by Gasteiger charge is -2.38. The van der Waals surface area contributed by atoms with E-state index in [4.69, 9.17) is 0 Å². The van der Waals surface area contributed by atoms with Crippen molar-refractivity contribution in [1.82, 2.24) is 40.1 Å². The monoisotopic (exact) mass is 700 g/mol. The van der Waals surface area contributed by atoms with Gasteiger partial charge in [-0.25, -0.2) is 14.4 Å². The Bertz CT molecular complexity index is 1740. The third-order valence-corrected chi connectivity index (χ3v) is 9.41. The quantitative estimate of drug-likeness (QED) is 0.147. The zero-order chi connectivity index (χ0) is 36.7. The Hall–Kier alpha value is -4.72. The molecule has 272 valence electrons. The zero-order valence-corrected chi connectivity index (χ0v) is 29.9. The number of amides is 3. The fraction of sp³-hybridized carbons (Fsp3) is 0.447. The number of carbonyl (C=O) groups excluding carboxylic acids is 3. The lowest BCUT2D eigenvalue weighted by Crippen LogP contribution is -2.59. The lowest BCUT2D eigenvalue weighted by atomic mass is 9.85. The van der Waals surface area contributed by atoms with Crippen molar-refractivity contribution < 1.29 is 23.9 Å². The van der Waals surface area contributed by atoms with Crippen LogP contribution in [-0.4, -0.2) is 97.8 Å². The summed E-state index contributed by atoms with van der Waals surface area (Å²) in [6, 6.07) is 15.3. The first-order chi connectivity index (χ1) is 24.3. The van der Waals surface area contributed by atoms with Crippen LogP contribution in [-0.2, 0) is 27.2 Å². The first kappa shape index (κ1) is 37.5. The summed E-state index contributed by atoms with van der Waals surface area (Å²) in [5.74, 6) is -0.630. The van der Waals surface area contributed by atoms with Crippen molar-refractivity contribution in [3.63, 3.8) is 0 Å². The van der Waals surface area contributed by atoms with E-state index in [1.165, 1.54) is 12.1 Å². The molecule has 1 aliphatic heterocycles. The SMILES string of the molecule is CNC(C)C(=O)NC(C(=O)N1CC(NC(=O)Cc2ccccc2)CC1CN(CCc1ccc(F)cc1)C(O)c1cn2cccnc2n1)C(C)(C)C. The number of benzene rings is 2. The number of aliphatic hydroxyl groups is 1. The average molecular weight is 701 g/mol. The molecule has 5 unspecified atom stereocenters. The van der Waals surface area contributed by atoms with Crippen LogP contribution in [0.5, 0.6) is 0 Å². The van der Waals surface area contributed by atoms with Crippen molar-refractivity contribution >= 4 is 23.5 Å². The molecule has 0 bridgehead atoms. The van der Waals surface area contributed by atoms with Gasteiger partial charge in [-0.15, -0.1) is 0 Å². The number of likely N-dealkylation sites (tertiary alicyclic amines) is 1. The minimum Gasteiger partial charge on any atom is -0.372 e. The van der Waals surface area contributed by atoms with Crippen LogP contribution < -0.4 is 16.0 Å². The van der Waals surface area contributed by atoms with Crippen LogP contribution in [0.25, 0.3) is 5.78 Å². The van der Waals surface area contributed by atoms with Gasteiger partial charge < -0.3 is 26.0 Å². The largest absolute Gasteiger partial charge is 0.372 e. The van der Waals surface area contributed by atoms with E-state index in [-0.39, 0.29) is 49.1 Å². The van der Waals surface area contributed by atoms with Crippen LogP contribution in [0.3, 0.4) is 0 Å². The Kier molecular flexibility index (Phi) is 12.2. The van der Waals surface area contributed by atoms with Crippen molar-refractivity contribution in [2.24, 2.45) is 5.41 Å². The molecule has 0 spiro atoms. The zero-order valence-electron chi connectivity index (χ0n) is 29.9. The van der Waals surface area contributed by atoms with Gasteiger partial charge in [-0.3, -0.25) is 23.7 Å².